The van der Waals surface area contributed by atoms with E-state index < -0.39 is 0 Å². The van der Waals surface area contributed by atoms with Gasteiger partial charge in [-0.15, -0.1) is 0 Å². The molecule has 4 rings (SSSR count). The Kier molecular flexibility index (Phi) is 7.59. The van der Waals surface area contributed by atoms with Crippen molar-refractivity contribution in [2.24, 2.45) is 0 Å². The van der Waals surface area contributed by atoms with Gasteiger partial charge in [-0.05, 0) is 42.7 Å². The average molecular weight is 444 g/mol. The molecule has 0 aliphatic carbocycles. The number of benzene rings is 3. The number of anilines is 1. The molecule has 1 fully saturated rings. The zero-order valence-electron chi connectivity index (χ0n) is 18.6. The summed E-state index contributed by atoms with van der Waals surface area (Å²) >= 11 is 0. The number of nitrogens with one attached hydrogen (secondary N) is 2. The molecule has 1 aliphatic heterocycles. The van der Waals surface area contributed by atoms with E-state index in [-0.39, 0.29) is 24.5 Å². The first kappa shape index (κ1) is 22.4. The highest BCUT2D eigenvalue weighted by atomic mass is 16.5. The van der Waals surface area contributed by atoms with Crippen LogP contribution in [-0.2, 0) is 11.3 Å². The highest BCUT2D eigenvalue weighted by molar-refractivity contribution is 5.99. The molecular formula is C27H29N3O3. The number of hydrogen-bond acceptors (Lipinski definition) is 4. The number of para-hydroxylation sites is 2. The Labute approximate surface area is 194 Å². The van der Waals surface area contributed by atoms with Gasteiger partial charge in [0.05, 0.1) is 5.56 Å². The predicted molar refractivity (Wildman–Crippen MR) is 129 cm³/mol. The molecule has 1 heterocycles. The van der Waals surface area contributed by atoms with E-state index in [1.807, 2.05) is 84.9 Å². The summed E-state index contributed by atoms with van der Waals surface area (Å²) in [5, 5.41) is 6.09. The maximum atomic E-state index is 12.9. The molecule has 0 saturated carbocycles. The first-order chi connectivity index (χ1) is 16.2. The van der Waals surface area contributed by atoms with Gasteiger partial charge in [0.1, 0.15) is 5.75 Å². The van der Waals surface area contributed by atoms with Crippen LogP contribution in [0.2, 0.25) is 0 Å². The molecule has 6 heteroatoms. The second-order valence-corrected chi connectivity index (χ2v) is 8.12. The van der Waals surface area contributed by atoms with Crippen LogP contribution in [0, 0.1) is 0 Å². The monoisotopic (exact) mass is 443 g/mol. The van der Waals surface area contributed by atoms with Crippen molar-refractivity contribution in [1.82, 2.24) is 10.6 Å². The van der Waals surface area contributed by atoms with Crippen molar-refractivity contribution < 1.29 is 14.3 Å². The fraction of sp³-hybridized carbons (Fsp3) is 0.259. The van der Waals surface area contributed by atoms with Crippen LogP contribution in [0.5, 0.6) is 5.75 Å². The number of amides is 2. The third-order valence-corrected chi connectivity index (χ3v) is 5.76. The van der Waals surface area contributed by atoms with Gasteiger partial charge in [0.15, 0.2) is 6.61 Å². The van der Waals surface area contributed by atoms with Crippen LogP contribution in [0.15, 0.2) is 84.9 Å². The summed E-state index contributed by atoms with van der Waals surface area (Å²) in [5.41, 5.74) is 2.67. The molecule has 0 aromatic heterocycles. The minimum atomic E-state index is -0.113. The minimum Gasteiger partial charge on any atom is -0.484 e. The van der Waals surface area contributed by atoms with Crippen LogP contribution < -0.4 is 20.3 Å². The summed E-state index contributed by atoms with van der Waals surface area (Å²) in [6, 6.07) is 27.0. The molecule has 170 valence electrons. The fourth-order valence-corrected chi connectivity index (χ4v) is 4.01. The molecule has 33 heavy (non-hydrogen) atoms. The quantitative estimate of drug-likeness (QED) is 0.556. The Hall–Kier alpha value is -3.80. The standard InChI is InChI=1S/C27H29N3O3/c31-26(20-33-23-11-5-2-6-12-23)29-22-15-17-30(18-16-22)25-14-8-7-13-24(25)27(32)28-19-21-9-3-1-4-10-21/h1-14,22H,15-20H2,(H,28,32)(H,29,31). The third-order valence-electron chi connectivity index (χ3n) is 5.76. The summed E-state index contributed by atoms with van der Waals surface area (Å²) < 4.78 is 5.53. The lowest BCUT2D eigenvalue weighted by atomic mass is 10.0. The van der Waals surface area contributed by atoms with Gasteiger partial charge < -0.3 is 20.3 Å². The molecular weight excluding hydrogens is 414 g/mol. The molecule has 3 aromatic rings. The largest absolute Gasteiger partial charge is 0.484 e. The van der Waals surface area contributed by atoms with E-state index in [0.29, 0.717) is 17.9 Å². The van der Waals surface area contributed by atoms with Gasteiger partial charge in [0.25, 0.3) is 11.8 Å². The molecule has 3 aromatic carbocycles. The van der Waals surface area contributed by atoms with E-state index >= 15 is 0 Å². The average Bonchev–Trinajstić information content (AvgIpc) is 2.88. The lowest BCUT2D eigenvalue weighted by molar-refractivity contribution is -0.123. The number of carbonyl (C=O) groups is 2. The molecule has 0 spiro atoms. The highest BCUT2D eigenvalue weighted by Crippen LogP contribution is 2.24. The van der Waals surface area contributed by atoms with Crippen molar-refractivity contribution in [3.05, 3.63) is 96.1 Å². The molecule has 0 bridgehead atoms. The van der Waals surface area contributed by atoms with Gasteiger partial charge in [-0.1, -0.05) is 60.7 Å². The van der Waals surface area contributed by atoms with Crippen molar-refractivity contribution in [2.45, 2.75) is 25.4 Å². The second-order valence-electron chi connectivity index (χ2n) is 8.12. The summed E-state index contributed by atoms with van der Waals surface area (Å²) in [7, 11) is 0. The maximum Gasteiger partial charge on any atom is 0.258 e. The van der Waals surface area contributed by atoms with Crippen molar-refractivity contribution in [2.75, 3.05) is 24.6 Å². The molecule has 0 unspecified atom stereocenters. The van der Waals surface area contributed by atoms with Gasteiger partial charge in [-0.25, -0.2) is 0 Å². The van der Waals surface area contributed by atoms with E-state index in [1.54, 1.807) is 0 Å². The summed E-state index contributed by atoms with van der Waals surface area (Å²) in [6.45, 7) is 2.04. The Balaban J connectivity index is 1.28. The number of carbonyl (C=O) groups excluding carboxylic acids is 2. The van der Waals surface area contributed by atoms with E-state index in [2.05, 4.69) is 15.5 Å². The number of hydrogen-bond donors (Lipinski definition) is 2. The lowest BCUT2D eigenvalue weighted by Gasteiger charge is -2.34. The van der Waals surface area contributed by atoms with Crippen LogP contribution >= 0.6 is 0 Å². The maximum absolute atomic E-state index is 12.9. The van der Waals surface area contributed by atoms with E-state index in [1.165, 1.54) is 0 Å². The zero-order chi connectivity index (χ0) is 22.9. The zero-order valence-corrected chi connectivity index (χ0v) is 18.6. The normalized spacial score (nSPS) is 13.9. The third kappa shape index (κ3) is 6.35. The van der Waals surface area contributed by atoms with Crippen LogP contribution in [-0.4, -0.2) is 37.6 Å². The Morgan fingerprint density at radius 1 is 0.848 bits per heavy atom. The number of ether oxygens (including phenoxy) is 1. The van der Waals surface area contributed by atoms with Crippen molar-refractivity contribution in [3.63, 3.8) is 0 Å². The SMILES string of the molecule is O=C(COc1ccccc1)NC1CCN(c2ccccc2C(=O)NCc2ccccc2)CC1. The van der Waals surface area contributed by atoms with E-state index in [0.717, 1.165) is 37.2 Å². The molecule has 1 aliphatic rings. The highest BCUT2D eigenvalue weighted by Gasteiger charge is 2.23. The smallest absolute Gasteiger partial charge is 0.258 e. The van der Waals surface area contributed by atoms with Crippen LogP contribution in [0.25, 0.3) is 0 Å². The van der Waals surface area contributed by atoms with Gasteiger partial charge >= 0.3 is 0 Å². The molecule has 2 N–H and O–H groups in total. The first-order valence-electron chi connectivity index (χ1n) is 11.3. The molecule has 0 atom stereocenters. The summed E-state index contributed by atoms with van der Waals surface area (Å²) in [6.07, 6.45) is 1.63. The number of nitrogens with zero attached hydrogens (tertiary/aromatic N) is 1. The number of rotatable bonds is 8. The number of piperidine rings is 1. The molecule has 0 radical (unpaired) electrons. The molecule has 6 nitrogen and oxygen atoms in total. The van der Waals surface area contributed by atoms with Crippen molar-refractivity contribution >= 4 is 17.5 Å². The second kappa shape index (κ2) is 11.2. The van der Waals surface area contributed by atoms with Crippen LogP contribution in [0.4, 0.5) is 5.69 Å². The molecule has 1 saturated heterocycles. The summed E-state index contributed by atoms with van der Waals surface area (Å²) in [5.74, 6) is 0.491. The lowest BCUT2D eigenvalue weighted by Crippen LogP contribution is -2.46. The van der Waals surface area contributed by atoms with Crippen LogP contribution in [0.3, 0.4) is 0 Å². The Morgan fingerprint density at radius 3 is 2.21 bits per heavy atom. The van der Waals surface area contributed by atoms with Crippen molar-refractivity contribution in [1.29, 1.82) is 0 Å². The first-order valence-corrected chi connectivity index (χ1v) is 11.3. The fourth-order valence-electron chi connectivity index (χ4n) is 4.01. The van der Waals surface area contributed by atoms with Gasteiger partial charge in [0, 0.05) is 31.4 Å². The minimum absolute atomic E-state index is 0.00858. The van der Waals surface area contributed by atoms with Crippen LogP contribution in [0.1, 0.15) is 28.8 Å². The van der Waals surface area contributed by atoms with Crippen molar-refractivity contribution in [3.8, 4) is 5.75 Å². The van der Waals surface area contributed by atoms with Gasteiger partial charge in [-0.3, -0.25) is 9.59 Å². The van der Waals surface area contributed by atoms with Gasteiger partial charge in [0.2, 0.25) is 0 Å². The van der Waals surface area contributed by atoms with E-state index in [9.17, 15) is 9.59 Å². The predicted octanol–water partition coefficient (Wildman–Crippen LogP) is 3.78. The summed E-state index contributed by atoms with van der Waals surface area (Å²) in [4.78, 5) is 27.4. The Morgan fingerprint density at radius 2 is 1.48 bits per heavy atom. The topological polar surface area (TPSA) is 70.7 Å². The van der Waals surface area contributed by atoms with Gasteiger partial charge in [-0.2, -0.15) is 0 Å². The van der Waals surface area contributed by atoms with E-state index in [4.69, 9.17) is 4.74 Å². The Bertz CT molecular complexity index is 1050. The molecule has 2 amide bonds.